The molecule has 5 nitrogen and oxygen atoms in total. The molecule has 1 unspecified atom stereocenters. The van der Waals surface area contributed by atoms with Crippen molar-refractivity contribution in [2.24, 2.45) is 12.5 Å². The van der Waals surface area contributed by atoms with Gasteiger partial charge in [-0.05, 0) is 85.6 Å². The number of thioether (sulfide) groups is 1. The first kappa shape index (κ1) is 23.9. The largest absolute Gasteiger partial charge is 0.416 e. The fraction of sp³-hybridized carbons (Fsp3) is 0.423. The number of rotatable bonds is 7. The number of hydrogen-bond donors (Lipinski definition) is 0. The molecule has 2 heterocycles. The van der Waals surface area contributed by atoms with Crippen molar-refractivity contribution in [3.05, 3.63) is 65.2 Å². The molecule has 2 aromatic carbocycles. The van der Waals surface area contributed by atoms with Gasteiger partial charge in [0, 0.05) is 24.9 Å². The number of aromatic nitrogens is 3. The third-order valence-electron chi connectivity index (χ3n) is 7.25. The number of benzene rings is 2. The second kappa shape index (κ2) is 9.32. The van der Waals surface area contributed by atoms with Crippen LogP contribution in [0, 0.1) is 16.7 Å². The molecule has 0 amide bonds. The van der Waals surface area contributed by atoms with E-state index in [4.69, 9.17) is 5.26 Å². The van der Waals surface area contributed by atoms with Crippen molar-refractivity contribution in [2.75, 3.05) is 25.4 Å². The lowest BCUT2D eigenvalue weighted by Gasteiger charge is -2.16. The molecule has 1 saturated carbocycles. The van der Waals surface area contributed by atoms with Gasteiger partial charge in [0.25, 0.3) is 0 Å². The van der Waals surface area contributed by atoms with Gasteiger partial charge in [0.1, 0.15) is 0 Å². The summed E-state index contributed by atoms with van der Waals surface area (Å²) in [5, 5.41) is 18.5. The van der Waals surface area contributed by atoms with Gasteiger partial charge in [0.05, 0.1) is 17.2 Å². The van der Waals surface area contributed by atoms with Gasteiger partial charge in [-0.3, -0.25) is 0 Å². The van der Waals surface area contributed by atoms with Crippen LogP contribution in [-0.4, -0.2) is 45.1 Å². The summed E-state index contributed by atoms with van der Waals surface area (Å²) in [6.07, 6.45) is -1.06. The van der Waals surface area contributed by atoms with Gasteiger partial charge in [0.2, 0.25) is 0 Å². The summed E-state index contributed by atoms with van der Waals surface area (Å²) in [6, 6.07) is 15.2. The lowest BCUT2D eigenvalue weighted by Crippen LogP contribution is -2.23. The third kappa shape index (κ3) is 4.95. The molecule has 3 aromatic rings. The van der Waals surface area contributed by atoms with Crippen LogP contribution < -0.4 is 0 Å². The molecule has 1 aliphatic carbocycles. The molecule has 1 aliphatic heterocycles. The molecule has 35 heavy (non-hydrogen) atoms. The van der Waals surface area contributed by atoms with Crippen LogP contribution in [0.1, 0.15) is 41.9 Å². The van der Waals surface area contributed by atoms with E-state index in [1.54, 1.807) is 36.0 Å². The average Bonchev–Trinajstić information content (AvgIpc) is 3.20. The Labute approximate surface area is 207 Å². The topological polar surface area (TPSA) is 57.7 Å². The number of nitriles is 1. The van der Waals surface area contributed by atoms with Gasteiger partial charge in [-0.25, -0.2) is 0 Å². The minimum absolute atomic E-state index is 0.243. The van der Waals surface area contributed by atoms with Crippen molar-refractivity contribution in [2.45, 2.75) is 36.5 Å². The molecule has 2 aliphatic rings. The van der Waals surface area contributed by atoms with Gasteiger partial charge in [-0.15, -0.1) is 10.2 Å². The van der Waals surface area contributed by atoms with Gasteiger partial charge >= 0.3 is 6.18 Å². The van der Waals surface area contributed by atoms with E-state index in [2.05, 4.69) is 21.2 Å². The zero-order valence-corrected chi connectivity index (χ0v) is 20.2. The highest BCUT2D eigenvalue weighted by Gasteiger charge is 2.57. The molecular formula is C26H26F3N5S. The van der Waals surface area contributed by atoms with Crippen LogP contribution >= 0.6 is 11.8 Å². The van der Waals surface area contributed by atoms with Crippen molar-refractivity contribution < 1.29 is 13.2 Å². The normalized spacial score (nSPS) is 22.0. The Kier molecular flexibility index (Phi) is 6.36. The Bertz CT molecular complexity index is 1230. The molecule has 1 aromatic heterocycles. The molecule has 182 valence electrons. The zero-order chi connectivity index (χ0) is 24.6. The minimum Gasteiger partial charge on any atom is -0.305 e. The molecule has 2 fully saturated rings. The Balaban J connectivity index is 1.09. The van der Waals surface area contributed by atoms with Crippen LogP contribution in [0.25, 0.3) is 11.4 Å². The quantitative estimate of drug-likeness (QED) is 0.308. The van der Waals surface area contributed by atoms with E-state index in [1.807, 2.05) is 23.7 Å². The highest BCUT2D eigenvalue weighted by molar-refractivity contribution is 7.99. The zero-order valence-electron chi connectivity index (χ0n) is 19.4. The maximum atomic E-state index is 12.8. The van der Waals surface area contributed by atoms with E-state index in [0.29, 0.717) is 11.5 Å². The molecule has 0 N–H and O–H groups in total. The first-order valence-electron chi connectivity index (χ1n) is 11.7. The van der Waals surface area contributed by atoms with E-state index in [1.165, 1.54) is 12.1 Å². The second-order valence-electron chi connectivity index (χ2n) is 9.52. The van der Waals surface area contributed by atoms with Crippen LogP contribution in [0.3, 0.4) is 0 Å². The smallest absolute Gasteiger partial charge is 0.305 e. The summed E-state index contributed by atoms with van der Waals surface area (Å²) in [7, 11) is 1.95. The van der Waals surface area contributed by atoms with Gasteiger partial charge in [-0.1, -0.05) is 23.9 Å². The van der Waals surface area contributed by atoms with Crippen molar-refractivity contribution in [3.8, 4) is 17.5 Å². The summed E-state index contributed by atoms with van der Waals surface area (Å²) >= 11 is 1.69. The standard InChI is InChI=1S/C26H26F3N5S/c1-33-23(20-5-3-18(16-30)4-6-20)31-32-24(33)35-14-2-12-34-13-11-25(17-34)15-22(25)19-7-9-21(10-8-19)26(27,28)29/h3-10,22H,2,11-15,17H2,1H3/t22-,25?/m1/s1. The molecule has 0 radical (unpaired) electrons. The van der Waals surface area contributed by atoms with E-state index >= 15 is 0 Å². The minimum atomic E-state index is -4.28. The van der Waals surface area contributed by atoms with Crippen LogP contribution in [-0.2, 0) is 13.2 Å². The predicted octanol–water partition coefficient (Wildman–Crippen LogP) is 5.73. The van der Waals surface area contributed by atoms with Crippen molar-refractivity contribution in [1.29, 1.82) is 5.26 Å². The lowest BCUT2D eigenvalue weighted by molar-refractivity contribution is -0.137. The Morgan fingerprint density at radius 3 is 2.54 bits per heavy atom. The summed E-state index contributed by atoms with van der Waals surface area (Å²) in [5.41, 5.74) is 2.25. The van der Waals surface area contributed by atoms with Gasteiger partial charge in [-0.2, -0.15) is 18.4 Å². The highest BCUT2D eigenvalue weighted by Crippen LogP contribution is 2.64. The molecular weight excluding hydrogens is 471 g/mol. The summed E-state index contributed by atoms with van der Waals surface area (Å²) in [5.74, 6) is 2.09. The number of nitrogens with zero attached hydrogens (tertiary/aromatic N) is 5. The summed E-state index contributed by atoms with van der Waals surface area (Å²) < 4.78 is 40.5. The maximum Gasteiger partial charge on any atom is 0.416 e. The fourth-order valence-electron chi connectivity index (χ4n) is 5.19. The average molecular weight is 498 g/mol. The summed E-state index contributed by atoms with van der Waals surface area (Å²) in [4.78, 5) is 2.49. The van der Waals surface area contributed by atoms with E-state index in [9.17, 15) is 13.2 Å². The van der Waals surface area contributed by atoms with E-state index in [0.717, 1.165) is 66.8 Å². The first-order chi connectivity index (χ1) is 16.8. The fourth-order valence-corrected chi connectivity index (χ4v) is 6.02. The number of hydrogen-bond acceptors (Lipinski definition) is 5. The molecule has 5 rings (SSSR count). The monoisotopic (exact) mass is 497 g/mol. The van der Waals surface area contributed by atoms with Crippen molar-refractivity contribution in [3.63, 3.8) is 0 Å². The molecule has 0 bridgehead atoms. The maximum absolute atomic E-state index is 12.8. The van der Waals surface area contributed by atoms with Crippen molar-refractivity contribution >= 4 is 11.8 Å². The van der Waals surface area contributed by atoms with Crippen LogP contribution in [0.5, 0.6) is 0 Å². The summed E-state index contributed by atoms with van der Waals surface area (Å²) in [6.45, 7) is 3.08. The van der Waals surface area contributed by atoms with Gasteiger partial charge in [0.15, 0.2) is 11.0 Å². The molecule has 2 atom stereocenters. The number of likely N-dealkylation sites (tertiary alicyclic amines) is 1. The van der Waals surface area contributed by atoms with Crippen LogP contribution in [0.4, 0.5) is 13.2 Å². The molecule has 1 spiro atoms. The number of alkyl halides is 3. The van der Waals surface area contributed by atoms with Crippen molar-refractivity contribution in [1.82, 2.24) is 19.7 Å². The number of halogens is 3. The SMILES string of the molecule is Cn1c(SCCCN2CCC3(C[C@@H]3c3ccc(C(F)(F)F)cc3)C2)nnc1-c1ccc(C#N)cc1. The Morgan fingerprint density at radius 2 is 1.86 bits per heavy atom. The van der Waals surface area contributed by atoms with Gasteiger partial charge < -0.3 is 9.47 Å². The molecule has 9 heteroatoms. The third-order valence-corrected chi connectivity index (χ3v) is 8.36. The van der Waals surface area contributed by atoms with Crippen LogP contribution in [0.2, 0.25) is 0 Å². The van der Waals surface area contributed by atoms with E-state index < -0.39 is 11.7 Å². The Hall–Kier alpha value is -2.83. The lowest BCUT2D eigenvalue weighted by atomic mass is 9.97. The van der Waals surface area contributed by atoms with E-state index in [-0.39, 0.29) is 5.41 Å². The second-order valence-corrected chi connectivity index (χ2v) is 10.6. The molecule has 1 saturated heterocycles. The highest BCUT2D eigenvalue weighted by atomic mass is 32.2. The Morgan fingerprint density at radius 1 is 1.11 bits per heavy atom. The van der Waals surface area contributed by atoms with Crippen LogP contribution in [0.15, 0.2) is 53.7 Å². The predicted molar refractivity (Wildman–Crippen MR) is 129 cm³/mol. The first-order valence-corrected chi connectivity index (χ1v) is 12.7.